The average Bonchev–Trinajstić information content (AvgIpc) is 1.96. The first-order valence-corrected chi connectivity index (χ1v) is 5.91. The average molecular weight is 295 g/mol. The van der Waals surface area contributed by atoms with Crippen LogP contribution in [0.15, 0.2) is 12.1 Å². The Balaban J connectivity index is 3.04. The first-order chi connectivity index (χ1) is 7.20. The summed E-state index contributed by atoms with van der Waals surface area (Å²) >= 11 is 3.13. The molecule has 0 bridgehead atoms. The molecule has 0 saturated carbocycles. The number of rotatable bonds is 2. The van der Waals surface area contributed by atoms with E-state index in [0.29, 0.717) is 0 Å². The highest BCUT2D eigenvalue weighted by molar-refractivity contribution is 9.09. The van der Waals surface area contributed by atoms with E-state index in [1.165, 1.54) is 0 Å². The zero-order valence-corrected chi connectivity index (χ0v) is 11.0. The summed E-state index contributed by atoms with van der Waals surface area (Å²) in [5.41, 5.74) is 3.64. The predicted octanol–water partition coefficient (Wildman–Crippen LogP) is 5.00. The van der Waals surface area contributed by atoms with Gasteiger partial charge in [-0.15, -0.1) is 0 Å². The van der Waals surface area contributed by atoms with Gasteiger partial charge in [0.05, 0.1) is 6.42 Å². The van der Waals surface area contributed by atoms with Crippen molar-refractivity contribution < 1.29 is 13.2 Å². The Morgan fingerprint density at radius 1 is 1.12 bits per heavy atom. The standard InChI is InChI=1S/C12H14BrF3/c1-7-4-8(2)11(9(3)5-7)10(13)6-12(14,15)16/h4-5,10H,6H2,1-3H3. The third-order valence-corrected chi connectivity index (χ3v) is 3.24. The van der Waals surface area contributed by atoms with E-state index in [4.69, 9.17) is 0 Å². The molecule has 0 aromatic heterocycles. The minimum absolute atomic E-state index is 0.659. The molecule has 4 heteroatoms. The fourth-order valence-corrected chi connectivity index (χ4v) is 3.08. The molecule has 0 amide bonds. The number of alkyl halides is 4. The van der Waals surface area contributed by atoms with Gasteiger partial charge in [0.2, 0.25) is 0 Å². The molecule has 0 aliphatic rings. The van der Waals surface area contributed by atoms with Crippen LogP contribution in [0.3, 0.4) is 0 Å². The maximum atomic E-state index is 12.3. The molecular weight excluding hydrogens is 281 g/mol. The second-order valence-electron chi connectivity index (χ2n) is 4.10. The first-order valence-electron chi connectivity index (χ1n) is 4.99. The topological polar surface area (TPSA) is 0 Å². The fourth-order valence-electron chi connectivity index (χ4n) is 1.99. The Morgan fingerprint density at radius 3 is 1.94 bits per heavy atom. The zero-order valence-electron chi connectivity index (χ0n) is 9.45. The van der Waals surface area contributed by atoms with Crippen LogP contribution >= 0.6 is 15.9 Å². The Bertz CT molecular complexity index is 359. The van der Waals surface area contributed by atoms with Gasteiger partial charge in [-0.2, -0.15) is 13.2 Å². The van der Waals surface area contributed by atoms with Gasteiger partial charge in [0.1, 0.15) is 0 Å². The highest BCUT2D eigenvalue weighted by Crippen LogP contribution is 2.38. The van der Waals surface area contributed by atoms with E-state index in [9.17, 15) is 13.2 Å². The van der Waals surface area contributed by atoms with E-state index in [2.05, 4.69) is 15.9 Å². The van der Waals surface area contributed by atoms with Crippen molar-refractivity contribution in [3.8, 4) is 0 Å². The summed E-state index contributed by atoms with van der Waals surface area (Å²) in [6, 6.07) is 3.82. The molecule has 0 saturated heterocycles. The molecule has 90 valence electrons. The third-order valence-electron chi connectivity index (χ3n) is 2.46. The summed E-state index contributed by atoms with van der Waals surface area (Å²) in [6.45, 7) is 5.64. The maximum Gasteiger partial charge on any atom is 0.390 e. The van der Waals surface area contributed by atoms with Crippen molar-refractivity contribution in [2.24, 2.45) is 0 Å². The molecule has 0 radical (unpaired) electrons. The van der Waals surface area contributed by atoms with Crippen molar-refractivity contribution in [3.05, 3.63) is 34.4 Å². The van der Waals surface area contributed by atoms with E-state index in [-0.39, 0.29) is 0 Å². The lowest BCUT2D eigenvalue weighted by Crippen LogP contribution is -2.12. The zero-order chi connectivity index (χ0) is 12.5. The number of aryl methyl sites for hydroxylation is 3. The summed E-state index contributed by atoms with van der Waals surface area (Å²) in [4.78, 5) is -0.659. The minimum Gasteiger partial charge on any atom is -0.171 e. The summed E-state index contributed by atoms with van der Waals surface area (Å²) in [7, 11) is 0. The summed E-state index contributed by atoms with van der Waals surface area (Å²) < 4.78 is 36.9. The second kappa shape index (κ2) is 4.78. The van der Waals surface area contributed by atoms with Gasteiger partial charge in [0.15, 0.2) is 0 Å². The molecule has 1 atom stereocenters. The predicted molar refractivity (Wildman–Crippen MR) is 63.0 cm³/mol. The molecule has 0 aliphatic carbocycles. The highest BCUT2D eigenvalue weighted by atomic mass is 79.9. The van der Waals surface area contributed by atoms with E-state index in [1.807, 2.05) is 32.9 Å². The molecule has 0 nitrogen and oxygen atoms in total. The van der Waals surface area contributed by atoms with Crippen molar-refractivity contribution in [2.75, 3.05) is 0 Å². The molecule has 0 spiro atoms. The number of hydrogen-bond acceptors (Lipinski definition) is 0. The largest absolute Gasteiger partial charge is 0.390 e. The van der Waals surface area contributed by atoms with Crippen LogP contribution in [0.4, 0.5) is 13.2 Å². The van der Waals surface area contributed by atoms with E-state index < -0.39 is 17.4 Å². The Labute approximate surface area is 102 Å². The van der Waals surface area contributed by atoms with Crippen molar-refractivity contribution >= 4 is 15.9 Å². The van der Waals surface area contributed by atoms with E-state index in [0.717, 1.165) is 22.3 Å². The molecule has 0 heterocycles. The Hall–Kier alpha value is -0.510. The number of benzene rings is 1. The van der Waals surface area contributed by atoms with Gasteiger partial charge in [0, 0.05) is 4.83 Å². The highest BCUT2D eigenvalue weighted by Gasteiger charge is 2.32. The Morgan fingerprint density at radius 2 is 1.56 bits per heavy atom. The molecular formula is C12H14BrF3. The van der Waals surface area contributed by atoms with Crippen LogP contribution < -0.4 is 0 Å². The van der Waals surface area contributed by atoms with Gasteiger partial charge in [-0.3, -0.25) is 0 Å². The number of hydrogen-bond donors (Lipinski definition) is 0. The summed E-state index contributed by atoms with van der Waals surface area (Å²) in [5.74, 6) is 0. The van der Waals surface area contributed by atoms with Gasteiger partial charge >= 0.3 is 6.18 Å². The van der Waals surface area contributed by atoms with Gasteiger partial charge in [-0.1, -0.05) is 33.6 Å². The van der Waals surface area contributed by atoms with Crippen molar-refractivity contribution in [2.45, 2.75) is 38.2 Å². The molecule has 0 aliphatic heterocycles. The molecule has 1 aromatic rings. The molecule has 1 rings (SSSR count). The van der Waals surface area contributed by atoms with E-state index >= 15 is 0 Å². The van der Waals surface area contributed by atoms with Gasteiger partial charge in [-0.25, -0.2) is 0 Å². The van der Waals surface area contributed by atoms with Crippen LogP contribution in [0.2, 0.25) is 0 Å². The van der Waals surface area contributed by atoms with E-state index in [1.54, 1.807) is 0 Å². The van der Waals surface area contributed by atoms with Crippen LogP contribution in [0, 0.1) is 20.8 Å². The lowest BCUT2D eigenvalue weighted by molar-refractivity contribution is -0.134. The molecule has 0 N–H and O–H groups in total. The van der Waals surface area contributed by atoms with Crippen LogP contribution in [0.25, 0.3) is 0 Å². The van der Waals surface area contributed by atoms with Crippen molar-refractivity contribution in [1.82, 2.24) is 0 Å². The minimum atomic E-state index is -4.14. The first kappa shape index (κ1) is 13.6. The summed E-state index contributed by atoms with van der Waals surface area (Å²) in [6.07, 6.45) is -4.98. The van der Waals surface area contributed by atoms with Crippen LogP contribution in [-0.2, 0) is 0 Å². The maximum absolute atomic E-state index is 12.3. The quantitative estimate of drug-likeness (QED) is 0.673. The molecule has 16 heavy (non-hydrogen) atoms. The second-order valence-corrected chi connectivity index (χ2v) is 5.20. The molecule has 1 unspecified atom stereocenters. The lowest BCUT2D eigenvalue weighted by Gasteiger charge is -2.18. The monoisotopic (exact) mass is 294 g/mol. The molecule has 1 aromatic carbocycles. The van der Waals surface area contributed by atoms with Crippen LogP contribution in [-0.4, -0.2) is 6.18 Å². The van der Waals surface area contributed by atoms with Gasteiger partial charge in [-0.05, 0) is 37.5 Å². The SMILES string of the molecule is Cc1cc(C)c(C(Br)CC(F)(F)F)c(C)c1. The van der Waals surface area contributed by atoms with Crippen molar-refractivity contribution in [1.29, 1.82) is 0 Å². The smallest absolute Gasteiger partial charge is 0.171 e. The van der Waals surface area contributed by atoms with Crippen molar-refractivity contribution in [3.63, 3.8) is 0 Å². The van der Waals surface area contributed by atoms with Crippen LogP contribution in [0.5, 0.6) is 0 Å². The normalized spacial score (nSPS) is 13.9. The lowest BCUT2D eigenvalue weighted by atomic mass is 9.96. The Kier molecular flexibility index (Phi) is 4.05. The van der Waals surface area contributed by atoms with Crippen LogP contribution in [0.1, 0.15) is 33.5 Å². The summed E-state index contributed by atoms with van der Waals surface area (Å²) in [5, 5.41) is 0. The number of halogens is 4. The van der Waals surface area contributed by atoms with Gasteiger partial charge < -0.3 is 0 Å². The third kappa shape index (κ3) is 3.51. The fraction of sp³-hybridized carbons (Fsp3) is 0.500. The molecule has 0 fully saturated rings. The van der Waals surface area contributed by atoms with Gasteiger partial charge in [0.25, 0.3) is 0 Å².